The van der Waals surface area contributed by atoms with E-state index in [0.717, 1.165) is 10.7 Å². The van der Waals surface area contributed by atoms with Crippen molar-refractivity contribution in [3.05, 3.63) is 22.7 Å². The van der Waals surface area contributed by atoms with E-state index in [1.807, 2.05) is 0 Å². The number of ether oxygens (including phenoxy) is 2. The number of amides is 1. The van der Waals surface area contributed by atoms with Gasteiger partial charge in [-0.25, -0.2) is 4.79 Å². The van der Waals surface area contributed by atoms with Crippen molar-refractivity contribution in [2.45, 2.75) is 12.1 Å². The van der Waals surface area contributed by atoms with Crippen molar-refractivity contribution in [2.24, 2.45) is 0 Å². The van der Waals surface area contributed by atoms with Crippen molar-refractivity contribution >= 4 is 37.8 Å². The first-order valence-electron chi connectivity index (χ1n) is 6.12. The Morgan fingerprint density at radius 2 is 2.24 bits per heavy atom. The van der Waals surface area contributed by atoms with Crippen LogP contribution in [0.5, 0.6) is 5.75 Å². The zero-order valence-corrected chi connectivity index (χ0v) is 13.4. The molecule has 0 aliphatic carbocycles. The van der Waals surface area contributed by atoms with Crippen molar-refractivity contribution in [3.8, 4) is 5.75 Å². The molecule has 1 fully saturated rings. The SMILES string of the molecule is CS(=O)(=O)OC[C@@H]1OC(=O)N2c3ccc(Br)cc3OC[C@@H]12. The molecule has 2 aliphatic rings. The van der Waals surface area contributed by atoms with Gasteiger partial charge in [0.15, 0.2) is 6.10 Å². The van der Waals surface area contributed by atoms with E-state index >= 15 is 0 Å². The number of fused-ring (bicyclic) bond motifs is 3. The lowest BCUT2D eigenvalue weighted by molar-refractivity contribution is 0.0844. The fourth-order valence-corrected chi connectivity index (χ4v) is 3.06. The largest absolute Gasteiger partial charge is 0.489 e. The minimum absolute atomic E-state index is 0.215. The Morgan fingerprint density at radius 1 is 1.48 bits per heavy atom. The average Bonchev–Trinajstić information content (AvgIpc) is 2.72. The highest BCUT2D eigenvalue weighted by Crippen LogP contribution is 2.40. The van der Waals surface area contributed by atoms with Crippen LogP contribution in [-0.2, 0) is 19.0 Å². The first-order valence-corrected chi connectivity index (χ1v) is 8.73. The number of carbonyl (C=O) groups excluding carboxylic acids is 1. The van der Waals surface area contributed by atoms with Crippen molar-refractivity contribution in [3.63, 3.8) is 0 Å². The number of cyclic esters (lactones) is 1. The molecule has 0 saturated carbocycles. The van der Waals surface area contributed by atoms with Gasteiger partial charge in [-0.1, -0.05) is 15.9 Å². The maximum atomic E-state index is 12.0. The molecule has 0 spiro atoms. The van der Waals surface area contributed by atoms with E-state index in [1.165, 1.54) is 4.90 Å². The molecule has 3 rings (SSSR count). The summed E-state index contributed by atoms with van der Waals surface area (Å²) < 4.78 is 38.5. The van der Waals surface area contributed by atoms with Crippen LogP contribution in [0.3, 0.4) is 0 Å². The summed E-state index contributed by atoms with van der Waals surface area (Å²) in [5, 5.41) is 0. The smallest absolute Gasteiger partial charge is 0.415 e. The molecule has 21 heavy (non-hydrogen) atoms. The third kappa shape index (κ3) is 2.85. The first kappa shape index (κ1) is 14.6. The number of hydrogen-bond donors (Lipinski definition) is 0. The van der Waals surface area contributed by atoms with Gasteiger partial charge < -0.3 is 9.47 Å². The number of halogens is 1. The van der Waals surface area contributed by atoms with Crippen LogP contribution in [0.15, 0.2) is 22.7 Å². The highest BCUT2D eigenvalue weighted by atomic mass is 79.9. The Kier molecular flexibility index (Phi) is 3.58. The molecule has 0 unspecified atom stereocenters. The summed E-state index contributed by atoms with van der Waals surface area (Å²) >= 11 is 3.34. The Balaban J connectivity index is 1.85. The van der Waals surface area contributed by atoms with E-state index in [4.69, 9.17) is 13.7 Å². The molecule has 0 N–H and O–H groups in total. The lowest BCUT2D eigenvalue weighted by Gasteiger charge is -2.31. The normalized spacial score (nSPS) is 24.1. The van der Waals surface area contributed by atoms with Gasteiger partial charge in [0.2, 0.25) is 0 Å². The standard InChI is InChI=1S/C12H12BrNO6S/c1-21(16,17)19-6-11-9-5-18-10-4-7(13)2-3-8(10)14(9)12(15)20-11/h2-4,9,11H,5-6H2,1H3/t9-,11-/m0/s1. The number of rotatable bonds is 3. The molecule has 9 heteroatoms. The first-order chi connectivity index (χ1) is 9.85. The predicted octanol–water partition coefficient (Wildman–Crippen LogP) is 1.51. The molecule has 7 nitrogen and oxygen atoms in total. The molecular weight excluding hydrogens is 366 g/mol. The van der Waals surface area contributed by atoms with E-state index in [0.29, 0.717) is 11.4 Å². The topological polar surface area (TPSA) is 82.1 Å². The third-order valence-corrected chi connectivity index (χ3v) is 4.30. The second-order valence-corrected chi connectivity index (χ2v) is 7.33. The van der Waals surface area contributed by atoms with Gasteiger partial charge in [-0.3, -0.25) is 9.08 Å². The van der Waals surface area contributed by atoms with Crippen LogP contribution in [0.25, 0.3) is 0 Å². The maximum absolute atomic E-state index is 12.0. The van der Waals surface area contributed by atoms with Gasteiger partial charge in [-0.05, 0) is 18.2 Å². The summed E-state index contributed by atoms with van der Waals surface area (Å²) in [5.41, 5.74) is 0.598. The lowest BCUT2D eigenvalue weighted by Crippen LogP contribution is -2.45. The Hall–Kier alpha value is -1.32. The van der Waals surface area contributed by atoms with Crippen molar-refractivity contribution in [1.29, 1.82) is 0 Å². The number of benzene rings is 1. The fourth-order valence-electron chi connectivity index (χ4n) is 2.34. The minimum atomic E-state index is -3.59. The van der Waals surface area contributed by atoms with E-state index in [1.54, 1.807) is 18.2 Å². The molecule has 1 aromatic carbocycles. The van der Waals surface area contributed by atoms with Crippen LogP contribution >= 0.6 is 15.9 Å². The average molecular weight is 378 g/mol. The summed E-state index contributed by atoms with van der Waals surface area (Å²) in [4.78, 5) is 13.5. The van der Waals surface area contributed by atoms with Gasteiger partial charge in [0.05, 0.1) is 11.9 Å². The summed E-state index contributed by atoms with van der Waals surface area (Å²) in [5.74, 6) is 0.572. The van der Waals surface area contributed by atoms with Gasteiger partial charge in [0, 0.05) is 4.47 Å². The highest BCUT2D eigenvalue weighted by Gasteiger charge is 2.47. The molecule has 2 aliphatic heterocycles. The quantitative estimate of drug-likeness (QED) is 0.742. The van der Waals surface area contributed by atoms with Crippen LogP contribution < -0.4 is 9.64 Å². The second-order valence-electron chi connectivity index (χ2n) is 4.77. The van der Waals surface area contributed by atoms with Crippen LogP contribution in [0, 0.1) is 0 Å². The van der Waals surface area contributed by atoms with Crippen molar-refractivity contribution in [2.75, 3.05) is 24.4 Å². The molecule has 1 aromatic rings. The van der Waals surface area contributed by atoms with Crippen LogP contribution in [0.1, 0.15) is 0 Å². The van der Waals surface area contributed by atoms with Crippen LogP contribution in [0.2, 0.25) is 0 Å². The molecule has 0 aromatic heterocycles. The monoisotopic (exact) mass is 377 g/mol. The number of carbonyl (C=O) groups is 1. The highest BCUT2D eigenvalue weighted by molar-refractivity contribution is 9.10. The summed E-state index contributed by atoms with van der Waals surface area (Å²) in [6, 6.07) is 4.89. The van der Waals surface area contributed by atoms with E-state index in [2.05, 4.69) is 15.9 Å². The molecule has 1 saturated heterocycles. The van der Waals surface area contributed by atoms with Gasteiger partial charge in [-0.2, -0.15) is 8.42 Å². The maximum Gasteiger partial charge on any atom is 0.415 e. The summed E-state index contributed by atoms with van der Waals surface area (Å²) in [6.45, 7) is -0.00601. The molecule has 114 valence electrons. The van der Waals surface area contributed by atoms with Crippen molar-refractivity contribution < 1.29 is 26.9 Å². The number of anilines is 1. The number of hydrogen-bond acceptors (Lipinski definition) is 6. The summed E-state index contributed by atoms with van der Waals surface area (Å²) in [6.07, 6.45) is -0.274. The molecule has 1 amide bonds. The zero-order valence-electron chi connectivity index (χ0n) is 11.0. The van der Waals surface area contributed by atoms with Gasteiger partial charge >= 0.3 is 6.09 Å². The second kappa shape index (κ2) is 5.15. The Bertz CT molecular complexity index is 691. The fraction of sp³-hybridized carbons (Fsp3) is 0.417. The molecule has 2 atom stereocenters. The number of nitrogens with zero attached hydrogens (tertiary/aromatic N) is 1. The van der Waals surface area contributed by atoms with E-state index in [9.17, 15) is 13.2 Å². The Morgan fingerprint density at radius 3 is 2.95 bits per heavy atom. The van der Waals surface area contributed by atoms with Gasteiger partial charge in [-0.15, -0.1) is 0 Å². The van der Waals surface area contributed by atoms with Gasteiger partial charge in [0.25, 0.3) is 10.1 Å². The molecule has 0 bridgehead atoms. The molecule has 0 radical (unpaired) electrons. The lowest BCUT2D eigenvalue weighted by atomic mass is 10.1. The molecular formula is C12H12BrNO6S. The van der Waals surface area contributed by atoms with E-state index < -0.39 is 28.4 Å². The molecule has 2 heterocycles. The van der Waals surface area contributed by atoms with Gasteiger partial charge in [0.1, 0.15) is 25.0 Å². The zero-order chi connectivity index (χ0) is 15.2. The summed E-state index contributed by atoms with van der Waals surface area (Å²) in [7, 11) is -3.59. The van der Waals surface area contributed by atoms with Crippen LogP contribution in [0.4, 0.5) is 10.5 Å². The third-order valence-electron chi connectivity index (χ3n) is 3.25. The van der Waals surface area contributed by atoms with Crippen molar-refractivity contribution in [1.82, 2.24) is 0 Å². The predicted molar refractivity (Wildman–Crippen MR) is 77.0 cm³/mol. The van der Waals surface area contributed by atoms with E-state index in [-0.39, 0.29) is 13.2 Å². The van der Waals surface area contributed by atoms with Crippen LogP contribution in [-0.4, -0.2) is 46.1 Å². The Labute approximate surface area is 130 Å². The minimum Gasteiger partial charge on any atom is -0.489 e.